The first kappa shape index (κ1) is 17.9. The highest BCUT2D eigenvalue weighted by Crippen LogP contribution is 2.26. The van der Waals surface area contributed by atoms with Gasteiger partial charge in [-0.05, 0) is 37.8 Å². The SMILES string of the molecule is CN(CC1CCC1)C(=O)NCCCN1CCN(c2ncccn2)CC1. The predicted molar refractivity (Wildman–Crippen MR) is 98.7 cm³/mol. The number of carbonyl (C=O) groups excluding carboxylic acids is 1. The molecular weight excluding hydrogens is 316 g/mol. The van der Waals surface area contributed by atoms with Crippen LogP contribution in [-0.2, 0) is 0 Å². The lowest BCUT2D eigenvalue weighted by Gasteiger charge is -2.34. The lowest BCUT2D eigenvalue weighted by Crippen LogP contribution is -2.47. The van der Waals surface area contributed by atoms with E-state index in [0.29, 0.717) is 0 Å². The number of nitrogens with zero attached hydrogens (tertiary/aromatic N) is 5. The van der Waals surface area contributed by atoms with E-state index >= 15 is 0 Å². The predicted octanol–water partition coefficient (Wildman–Crippen LogP) is 1.43. The summed E-state index contributed by atoms with van der Waals surface area (Å²) in [5.74, 6) is 1.55. The van der Waals surface area contributed by atoms with E-state index in [2.05, 4.69) is 25.1 Å². The smallest absolute Gasteiger partial charge is 0.317 e. The first-order chi connectivity index (χ1) is 12.2. The van der Waals surface area contributed by atoms with Crippen molar-refractivity contribution in [3.63, 3.8) is 0 Å². The van der Waals surface area contributed by atoms with E-state index in [9.17, 15) is 4.79 Å². The summed E-state index contributed by atoms with van der Waals surface area (Å²) in [6.45, 7) is 6.63. The number of rotatable bonds is 7. The van der Waals surface area contributed by atoms with E-state index in [1.807, 2.05) is 18.0 Å². The Labute approximate surface area is 150 Å². The molecule has 3 rings (SSSR count). The lowest BCUT2D eigenvalue weighted by atomic mass is 9.85. The standard InChI is InChI=1S/C18H30N6O/c1-22(15-16-5-2-6-16)18(25)21-9-4-10-23-11-13-24(14-12-23)17-19-7-3-8-20-17/h3,7-8,16H,2,4-6,9-15H2,1H3,(H,21,25). The molecule has 2 aliphatic rings. The van der Waals surface area contributed by atoms with Gasteiger partial charge in [0.2, 0.25) is 5.95 Å². The third kappa shape index (κ3) is 5.29. The van der Waals surface area contributed by atoms with Crippen molar-refractivity contribution in [1.29, 1.82) is 0 Å². The van der Waals surface area contributed by atoms with E-state index in [1.54, 1.807) is 12.4 Å². The van der Waals surface area contributed by atoms with Crippen molar-refractivity contribution in [1.82, 2.24) is 25.1 Å². The fourth-order valence-corrected chi connectivity index (χ4v) is 3.40. The van der Waals surface area contributed by atoms with Gasteiger partial charge in [-0.25, -0.2) is 14.8 Å². The maximum Gasteiger partial charge on any atom is 0.317 e. The molecule has 7 heteroatoms. The van der Waals surface area contributed by atoms with Crippen LogP contribution in [0, 0.1) is 5.92 Å². The van der Waals surface area contributed by atoms with Crippen molar-refractivity contribution in [2.75, 3.05) is 57.8 Å². The minimum atomic E-state index is 0.0675. The van der Waals surface area contributed by atoms with Crippen LogP contribution in [0.15, 0.2) is 18.5 Å². The first-order valence-corrected chi connectivity index (χ1v) is 9.45. The normalized spacial score (nSPS) is 18.7. The van der Waals surface area contributed by atoms with Gasteiger partial charge >= 0.3 is 6.03 Å². The Hall–Kier alpha value is -1.89. The highest BCUT2D eigenvalue weighted by atomic mass is 16.2. The summed E-state index contributed by atoms with van der Waals surface area (Å²) in [5, 5.41) is 3.04. The van der Waals surface area contributed by atoms with Crippen molar-refractivity contribution in [3.05, 3.63) is 18.5 Å². The maximum absolute atomic E-state index is 12.1. The van der Waals surface area contributed by atoms with Crippen LogP contribution in [0.1, 0.15) is 25.7 Å². The molecule has 25 heavy (non-hydrogen) atoms. The molecule has 0 unspecified atom stereocenters. The number of urea groups is 1. The van der Waals surface area contributed by atoms with E-state index in [0.717, 1.165) is 64.1 Å². The molecule has 7 nitrogen and oxygen atoms in total. The number of nitrogens with one attached hydrogen (secondary N) is 1. The highest BCUT2D eigenvalue weighted by molar-refractivity contribution is 5.73. The molecule has 0 bridgehead atoms. The van der Waals surface area contributed by atoms with E-state index in [-0.39, 0.29) is 6.03 Å². The van der Waals surface area contributed by atoms with E-state index in [1.165, 1.54) is 19.3 Å². The summed E-state index contributed by atoms with van der Waals surface area (Å²) in [6.07, 6.45) is 8.45. The second-order valence-corrected chi connectivity index (χ2v) is 7.14. The van der Waals surface area contributed by atoms with Gasteiger partial charge in [-0.3, -0.25) is 4.90 Å². The molecule has 138 valence electrons. The molecule has 0 atom stereocenters. The Morgan fingerprint density at radius 1 is 1.24 bits per heavy atom. The van der Waals surface area contributed by atoms with Crippen LogP contribution in [0.5, 0.6) is 0 Å². The van der Waals surface area contributed by atoms with Crippen LogP contribution in [0.2, 0.25) is 0 Å². The van der Waals surface area contributed by atoms with Crippen molar-refractivity contribution in [2.24, 2.45) is 5.92 Å². The number of hydrogen-bond donors (Lipinski definition) is 1. The molecule has 2 amide bonds. The van der Waals surface area contributed by atoms with Gasteiger partial charge in [0.1, 0.15) is 0 Å². The molecule has 2 fully saturated rings. The summed E-state index contributed by atoms with van der Waals surface area (Å²) >= 11 is 0. The number of hydrogen-bond acceptors (Lipinski definition) is 5. The van der Waals surface area contributed by atoms with Gasteiger partial charge in [0.25, 0.3) is 0 Å². The average molecular weight is 346 g/mol. The largest absolute Gasteiger partial charge is 0.338 e. The molecule has 1 N–H and O–H groups in total. The van der Waals surface area contributed by atoms with Crippen LogP contribution in [0.4, 0.5) is 10.7 Å². The van der Waals surface area contributed by atoms with Crippen LogP contribution < -0.4 is 10.2 Å². The summed E-state index contributed by atoms with van der Waals surface area (Å²) in [6, 6.07) is 1.91. The molecule has 1 saturated heterocycles. The van der Waals surface area contributed by atoms with Gasteiger partial charge in [-0.1, -0.05) is 6.42 Å². The Kier molecular flexibility index (Phi) is 6.44. The maximum atomic E-state index is 12.1. The zero-order valence-electron chi connectivity index (χ0n) is 15.2. The summed E-state index contributed by atoms with van der Waals surface area (Å²) < 4.78 is 0. The van der Waals surface area contributed by atoms with Crippen molar-refractivity contribution >= 4 is 12.0 Å². The molecule has 1 aromatic heterocycles. The van der Waals surface area contributed by atoms with Crippen LogP contribution in [0.3, 0.4) is 0 Å². The molecule has 1 aliphatic carbocycles. The third-order valence-corrected chi connectivity index (χ3v) is 5.24. The van der Waals surface area contributed by atoms with Crippen molar-refractivity contribution in [3.8, 4) is 0 Å². The van der Waals surface area contributed by atoms with Crippen molar-refractivity contribution in [2.45, 2.75) is 25.7 Å². The van der Waals surface area contributed by atoms with Gasteiger partial charge in [0, 0.05) is 58.7 Å². The molecule has 2 heterocycles. The first-order valence-electron chi connectivity index (χ1n) is 9.45. The van der Waals surface area contributed by atoms with Gasteiger partial charge < -0.3 is 15.1 Å². The Balaban J connectivity index is 1.26. The zero-order valence-corrected chi connectivity index (χ0v) is 15.2. The van der Waals surface area contributed by atoms with Crippen LogP contribution in [-0.4, -0.2) is 78.7 Å². The molecule has 0 aromatic carbocycles. The second-order valence-electron chi connectivity index (χ2n) is 7.14. The molecule has 0 radical (unpaired) electrons. The molecule has 1 saturated carbocycles. The van der Waals surface area contributed by atoms with Crippen LogP contribution in [0.25, 0.3) is 0 Å². The minimum absolute atomic E-state index is 0.0675. The number of amides is 2. The van der Waals surface area contributed by atoms with Gasteiger partial charge in [0.05, 0.1) is 0 Å². The fourth-order valence-electron chi connectivity index (χ4n) is 3.40. The molecule has 1 aliphatic heterocycles. The van der Waals surface area contributed by atoms with Crippen LogP contribution >= 0.6 is 0 Å². The Bertz CT molecular complexity index is 528. The number of anilines is 1. The monoisotopic (exact) mass is 346 g/mol. The van der Waals surface area contributed by atoms with Crippen molar-refractivity contribution < 1.29 is 4.79 Å². The van der Waals surface area contributed by atoms with E-state index in [4.69, 9.17) is 0 Å². The Morgan fingerprint density at radius 2 is 1.96 bits per heavy atom. The number of carbonyl (C=O) groups is 1. The summed E-state index contributed by atoms with van der Waals surface area (Å²) in [5.41, 5.74) is 0. The van der Waals surface area contributed by atoms with E-state index < -0.39 is 0 Å². The Morgan fingerprint density at radius 3 is 2.60 bits per heavy atom. The third-order valence-electron chi connectivity index (χ3n) is 5.24. The second kappa shape index (κ2) is 8.99. The molecule has 1 aromatic rings. The molecular formula is C18H30N6O. The van der Waals surface area contributed by atoms with Gasteiger partial charge in [-0.15, -0.1) is 0 Å². The topological polar surface area (TPSA) is 64.6 Å². The average Bonchev–Trinajstić information content (AvgIpc) is 2.62. The van der Waals surface area contributed by atoms with Gasteiger partial charge in [0.15, 0.2) is 0 Å². The summed E-state index contributed by atoms with van der Waals surface area (Å²) in [4.78, 5) is 27.2. The highest BCUT2D eigenvalue weighted by Gasteiger charge is 2.21. The fraction of sp³-hybridized carbons (Fsp3) is 0.722. The minimum Gasteiger partial charge on any atom is -0.338 e. The number of piperazine rings is 1. The quantitative estimate of drug-likeness (QED) is 0.757. The zero-order chi connectivity index (χ0) is 17.5. The lowest BCUT2D eigenvalue weighted by molar-refractivity contribution is 0.181. The number of aromatic nitrogens is 2. The summed E-state index contributed by atoms with van der Waals surface area (Å²) in [7, 11) is 1.90. The van der Waals surface area contributed by atoms with Gasteiger partial charge in [-0.2, -0.15) is 0 Å². The molecule has 0 spiro atoms.